The number of aryl methyl sites for hydroxylation is 1. The van der Waals surface area contributed by atoms with Crippen molar-refractivity contribution in [3.8, 4) is 6.07 Å². The molecule has 1 aliphatic carbocycles. The van der Waals surface area contributed by atoms with E-state index in [1.807, 2.05) is 0 Å². The van der Waals surface area contributed by atoms with Crippen molar-refractivity contribution < 1.29 is 10.2 Å². The van der Waals surface area contributed by atoms with Crippen molar-refractivity contribution in [3.05, 3.63) is 76.7 Å². The van der Waals surface area contributed by atoms with E-state index in [0.29, 0.717) is 34.3 Å². The second-order valence-electron chi connectivity index (χ2n) is 10.7. The zero-order valence-corrected chi connectivity index (χ0v) is 21.2. The van der Waals surface area contributed by atoms with Gasteiger partial charge < -0.3 is 10.6 Å². The molecule has 2 aromatic heterocycles. The molecule has 1 atom stereocenters. The summed E-state index contributed by atoms with van der Waals surface area (Å²) < 4.78 is 40.8. The number of halogens is 2. The number of nitrogens with one attached hydrogen (secondary N) is 2. The van der Waals surface area contributed by atoms with Crippen molar-refractivity contribution in [2.75, 3.05) is 17.2 Å². The standard InChI is InChI=1S/C28H29F2N7/c1-16-24(30)22(11-21-25(16)32-13-18(12-31)26(21)33-15-28(2,3)4)34-27(17-5-7-19(29)8-6-17)23-14-37(36-35-23)20-9-10-20/h5-8,11,13-14,20,27,34H,9-10,15H2,1-4H3,(H,32,33)/t27-/m1/s1/i27D. The number of hydrogen-bond donors (Lipinski definition) is 2. The van der Waals surface area contributed by atoms with Crippen molar-refractivity contribution >= 4 is 22.3 Å². The van der Waals surface area contributed by atoms with Crippen LogP contribution in [0.2, 0.25) is 0 Å². The Bertz CT molecular complexity index is 1550. The minimum Gasteiger partial charge on any atom is -0.383 e. The summed E-state index contributed by atoms with van der Waals surface area (Å²) in [6.07, 6.45) is 5.08. The van der Waals surface area contributed by atoms with Gasteiger partial charge in [-0.3, -0.25) is 4.98 Å². The fraction of sp³-hybridized carbons (Fsp3) is 0.357. The molecule has 190 valence electrons. The number of pyridine rings is 1. The molecule has 0 spiro atoms. The molecule has 1 saturated carbocycles. The summed E-state index contributed by atoms with van der Waals surface area (Å²) in [7, 11) is 0. The first-order valence-electron chi connectivity index (χ1n) is 12.7. The molecule has 7 nitrogen and oxygen atoms in total. The van der Waals surface area contributed by atoms with Gasteiger partial charge in [-0.05, 0) is 48.9 Å². The molecule has 9 heteroatoms. The van der Waals surface area contributed by atoms with E-state index in [1.165, 1.54) is 30.5 Å². The number of benzene rings is 2. The van der Waals surface area contributed by atoms with Crippen LogP contribution in [0.5, 0.6) is 0 Å². The summed E-state index contributed by atoms with van der Waals surface area (Å²) in [5, 5.41) is 25.1. The third-order valence-electron chi connectivity index (χ3n) is 6.32. The van der Waals surface area contributed by atoms with Crippen molar-refractivity contribution in [3.63, 3.8) is 0 Å². The third-order valence-corrected chi connectivity index (χ3v) is 6.32. The van der Waals surface area contributed by atoms with Gasteiger partial charge in [0.25, 0.3) is 0 Å². The Morgan fingerprint density at radius 2 is 1.97 bits per heavy atom. The minimum atomic E-state index is -1.78. The number of nitriles is 1. The van der Waals surface area contributed by atoms with Crippen molar-refractivity contribution in [2.24, 2.45) is 5.41 Å². The Morgan fingerprint density at radius 3 is 2.62 bits per heavy atom. The van der Waals surface area contributed by atoms with Crippen LogP contribution < -0.4 is 10.6 Å². The Labute approximate surface area is 215 Å². The second-order valence-corrected chi connectivity index (χ2v) is 10.7. The van der Waals surface area contributed by atoms with E-state index in [2.05, 4.69) is 52.8 Å². The summed E-state index contributed by atoms with van der Waals surface area (Å²) in [4.78, 5) is 4.37. The fourth-order valence-corrected chi connectivity index (χ4v) is 4.14. The van der Waals surface area contributed by atoms with Crippen LogP contribution in [0.15, 0.2) is 42.7 Å². The lowest BCUT2D eigenvalue weighted by Crippen LogP contribution is -2.20. The Hall–Kier alpha value is -4.06. The van der Waals surface area contributed by atoms with Crippen LogP contribution in [0.4, 0.5) is 20.2 Å². The average Bonchev–Trinajstić information content (AvgIpc) is 3.61. The lowest BCUT2D eigenvalue weighted by molar-refractivity contribution is 0.443. The van der Waals surface area contributed by atoms with Gasteiger partial charge in [0.1, 0.15) is 17.6 Å². The predicted molar refractivity (Wildman–Crippen MR) is 139 cm³/mol. The van der Waals surface area contributed by atoms with Gasteiger partial charge in [0.15, 0.2) is 5.82 Å². The molecular formula is C28H29F2N7. The molecule has 1 fully saturated rings. The van der Waals surface area contributed by atoms with Crippen molar-refractivity contribution in [1.82, 2.24) is 20.0 Å². The maximum absolute atomic E-state index is 15.8. The van der Waals surface area contributed by atoms with Gasteiger partial charge in [0.2, 0.25) is 0 Å². The number of fused-ring (bicyclic) bond motifs is 1. The highest BCUT2D eigenvalue weighted by atomic mass is 19.1. The first-order chi connectivity index (χ1) is 18.0. The molecule has 0 unspecified atom stereocenters. The summed E-state index contributed by atoms with van der Waals surface area (Å²) >= 11 is 0. The molecule has 0 saturated heterocycles. The predicted octanol–water partition coefficient (Wildman–Crippen LogP) is 6.28. The Balaban J connectivity index is 1.66. The molecule has 4 aromatic rings. The zero-order chi connectivity index (χ0) is 27.2. The van der Waals surface area contributed by atoms with Gasteiger partial charge in [-0.25, -0.2) is 13.5 Å². The molecule has 0 bridgehead atoms. The first-order valence-corrected chi connectivity index (χ1v) is 12.2. The SMILES string of the molecule is [2H][C@@](Nc1cc2c(NCC(C)(C)C)c(C#N)cnc2c(C)c1F)(c1ccc(F)cc1)c1cn(C2CC2)nn1. The average molecular weight is 503 g/mol. The number of hydrogen-bond acceptors (Lipinski definition) is 6. The largest absolute Gasteiger partial charge is 0.383 e. The maximum Gasteiger partial charge on any atom is 0.151 e. The summed E-state index contributed by atoms with van der Waals surface area (Å²) in [6.45, 7) is 8.39. The minimum absolute atomic E-state index is 0.0333. The lowest BCUT2D eigenvalue weighted by atomic mass is 9.96. The number of nitrogens with zero attached hydrogens (tertiary/aromatic N) is 5. The summed E-state index contributed by atoms with van der Waals surface area (Å²) in [5.41, 5.74) is 2.15. The molecule has 5 rings (SSSR count). The smallest absolute Gasteiger partial charge is 0.151 e. The van der Waals surface area contributed by atoms with E-state index < -0.39 is 17.7 Å². The zero-order valence-electron chi connectivity index (χ0n) is 22.2. The van der Waals surface area contributed by atoms with Gasteiger partial charge in [0, 0.05) is 23.7 Å². The van der Waals surface area contributed by atoms with Gasteiger partial charge in [-0.2, -0.15) is 5.26 Å². The van der Waals surface area contributed by atoms with E-state index in [-0.39, 0.29) is 28.4 Å². The van der Waals surface area contributed by atoms with Crippen molar-refractivity contribution in [1.29, 1.82) is 5.26 Å². The molecule has 0 radical (unpaired) electrons. The van der Waals surface area contributed by atoms with Gasteiger partial charge in [-0.15, -0.1) is 5.10 Å². The quantitative estimate of drug-likeness (QED) is 0.309. The lowest BCUT2D eigenvalue weighted by Gasteiger charge is -2.23. The highest BCUT2D eigenvalue weighted by Gasteiger charge is 2.28. The fourth-order valence-electron chi connectivity index (χ4n) is 4.14. The number of anilines is 2. The highest BCUT2D eigenvalue weighted by Crippen LogP contribution is 2.37. The van der Waals surface area contributed by atoms with Crippen LogP contribution in [0.1, 0.15) is 69.4 Å². The topological polar surface area (TPSA) is 91.4 Å². The highest BCUT2D eigenvalue weighted by molar-refractivity contribution is 5.98. The van der Waals surface area contributed by atoms with E-state index in [9.17, 15) is 11.0 Å². The Kier molecular flexibility index (Phi) is 5.95. The van der Waals surface area contributed by atoms with E-state index >= 15 is 4.39 Å². The molecule has 2 N–H and O–H groups in total. The van der Waals surface area contributed by atoms with Crippen LogP contribution in [-0.2, 0) is 0 Å². The van der Waals surface area contributed by atoms with Crippen molar-refractivity contribution in [2.45, 2.75) is 52.6 Å². The number of rotatable bonds is 7. The molecule has 0 aliphatic heterocycles. The monoisotopic (exact) mass is 502 g/mol. The molecule has 0 amide bonds. The Morgan fingerprint density at radius 1 is 1.24 bits per heavy atom. The van der Waals surface area contributed by atoms with Gasteiger partial charge in [-0.1, -0.05) is 38.1 Å². The summed E-state index contributed by atoms with van der Waals surface area (Å²) in [5.74, 6) is -1.03. The second kappa shape index (κ2) is 9.43. The molecule has 37 heavy (non-hydrogen) atoms. The normalized spacial score (nSPS) is 15.6. The third kappa shape index (κ3) is 5.10. The van der Waals surface area contributed by atoms with E-state index in [4.69, 9.17) is 0 Å². The molecule has 2 aromatic carbocycles. The van der Waals surface area contributed by atoms with Gasteiger partial charge in [0.05, 0.1) is 42.1 Å². The molecule has 1 aliphatic rings. The van der Waals surface area contributed by atoms with Crippen LogP contribution in [0.25, 0.3) is 10.9 Å². The summed E-state index contributed by atoms with van der Waals surface area (Å²) in [6, 6.07) is 7.65. The van der Waals surface area contributed by atoms with Crippen LogP contribution in [-0.4, -0.2) is 26.5 Å². The first kappa shape index (κ1) is 23.3. The van der Waals surface area contributed by atoms with E-state index in [0.717, 1.165) is 12.8 Å². The maximum atomic E-state index is 15.8. The molecular weight excluding hydrogens is 472 g/mol. The van der Waals surface area contributed by atoms with Crippen LogP contribution in [0.3, 0.4) is 0 Å². The number of aromatic nitrogens is 4. The molecule has 2 heterocycles. The van der Waals surface area contributed by atoms with Crippen LogP contribution in [0, 0.1) is 35.3 Å². The van der Waals surface area contributed by atoms with Crippen LogP contribution >= 0.6 is 0 Å². The van der Waals surface area contributed by atoms with E-state index in [1.54, 1.807) is 23.9 Å². The van der Waals surface area contributed by atoms with Gasteiger partial charge >= 0.3 is 0 Å².